The summed E-state index contributed by atoms with van der Waals surface area (Å²) in [5.41, 5.74) is 0.583. The SMILES string of the molecule is O=C(c1ccc2nc(C(F)(F)F)[nH]c2c1)N1CC[C@H](O)[C@@H](n2ccnc2)CC1. The van der Waals surface area contributed by atoms with E-state index in [0.717, 1.165) is 0 Å². The van der Waals surface area contributed by atoms with Crippen molar-refractivity contribution in [2.24, 2.45) is 0 Å². The Labute approximate surface area is 157 Å². The van der Waals surface area contributed by atoms with Crippen molar-refractivity contribution in [1.29, 1.82) is 0 Å². The topological polar surface area (TPSA) is 87.0 Å². The van der Waals surface area contributed by atoms with Gasteiger partial charge in [0, 0.05) is 31.0 Å². The number of imidazole rings is 2. The molecule has 2 N–H and O–H groups in total. The van der Waals surface area contributed by atoms with E-state index < -0.39 is 18.1 Å². The molecule has 1 aliphatic rings. The number of benzene rings is 1. The third-order valence-corrected chi connectivity index (χ3v) is 5.03. The lowest BCUT2D eigenvalue weighted by Gasteiger charge is -2.21. The molecule has 1 amide bonds. The number of halogens is 3. The van der Waals surface area contributed by atoms with Crippen molar-refractivity contribution in [3.63, 3.8) is 0 Å². The number of carbonyl (C=O) groups is 1. The second-order valence-corrected chi connectivity index (χ2v) is 6.83. The van der Waals surface area contributed by atoms with E-state index in [1.165, 1.54) is 18.2 Å². The molecule has 1 saturated heterocycles. The Morgan fingerprint density at radius 3 is 2.75 bits per heavy atom. The van der Waals surface area contributed by atoms with Crippen molar-refractivity contribution >= 4 is 16.9 Å². The normalized spacial score (nSPS) is 21.1. The van der Waals surface area contributed by atoms with E-state index in [9.17, 15) is 23.1 Å². The molecule has 0 radical (unpaired) electrons. The number of hydrogen-bond donors (Lipinski definition) is 2. The van der Waals surface area contributed by atoms with Gasteiger partial charge in [-0.15, -0.1) is 0 Å². The van der Waals surface area contributed by atoms with Crippen LogP contribution in [0, 0.1) is 0 Å². The van der Waals surface area contributed by atoms with Gasteiger partial charge in [0.25, 0.3) is 5.91 Å². The van der Waals surface area contributed by atoms with Gasteiger partial charge in [0.05, 0.1) is 29.5 Å². The number of hydrogen-bond acceptors (Lipinski definition) is 4. The largest absolute Gasteiger partial charge is 0.449 e. The summed E-state index contributed by atoms with van der Waals surface area (Å²) in [5, 5.41) is 10.4. The summed E-state index contributed by atoms with van der Waals surface area (Å²) in [5.74, 6) is -1.38. The molecule has 0 saturated carbocycles. The highest BCUT2D eigenvalue weighted by Crippen LogP contribution is 2.29. The van der Waals surface area contributed by atoms with E-state index in [0.29, 0.717) is 25.9 Å². The van der Waals surface area contributed by atoms with Crippen LogP contribution < -0.4 is 0 Å². The van der Waals surface area contributed by atoms with Gasteiger partial charge in [-0.25, -0.2) is 9.97 Å². The minimum atomic E-state index is -4.58. The zero-order chi connectivity index (χ0) is 19.9. The van der Waals surface area contributed by atoms with Crippen LogP contribution in [0.2, 0.25) is 0 Å². The number of nitrogens with zero attached hydrogens (tertiary/aromatic N) is 4. The maximum absolute atomic E-state index is 12.9. The summed E-state index contributed by atoms with van der Waals surface area (Å²) in [6.45, 7) is 0.785. The summed E-state index contributed by atoms with van der Waals surface area (Å²) in [7, 11) is 0. The first-order valence-corrected chi connectivity index (χ1v) is 8.84. The minimum Gasteiger partial charge on any atom is -0.391 e. The summed E-state index contributed by atoms with van der Waals surface area (Å²) in [6.07, 6.45) is 0.802. The first kappa shape index (κ1) is 18.5. The molecule has 3 heterocycles. The van der Waals surface area contributed by atoms with Gasteiger partial charge in [0.2, 0.25) is 5.82 Å². The number of rotatable bonds is 2. The maximum atomic E-state index is 12.9. The Kier molecular flexibility index (Phi) is 4.58. The van der Waals surface area contributed by atoms with E-state index in [4.69, 9.17) is 0 Å². The minimum absolute atomic E-state index is 0.148. The number of aliphatic hydroxyl groups excluding tert-OH is 1. The molecule has 1 aliphatic heterocycles. The Hall–Kier alpha value is -2.88. The molecular weight excluding hydrogens is 375 g/mol. The van der Waals surface area contributed by atoms with Gasteiger partial charge in [-0.2, -0.15) is 13.2 Å². The maximum Gasteiger partial charge on any atom is 0.449 e. The Bertz CT molecular complexity index is 983. The van der Waals surface area contributed by atoms with Gasteiger partial charge < -0.3 is 19.6 Å². The van der Waals surface area contributed by atoms with Crippen molar-refractivity contribution < 1.29 is 23.1 Å². The molecule has 2 atom stereocenters. The molecular formula is C18H18F3N5O2. The molecule has 10 heteroatoms. The molecule has 28 heavy (non-hydrogen) atoms. The first-order chi connectivity index (χ1) is 13.3. The van der Waals surface area contributed by atoms with E-state index >= 15 is 0 Å². The van der Waals surface area contributed by atoms with Gasteiger partial charge in [-0.05, 0) is 31.0 Å². The third kappa shape index (κ3) is 3.47. The number of H-pyrrole nitrogens is 1. The number of fused-ring (bicyclic) bond motifs is 1. The molecule has 0 spiro atoms. The van der Waals surface area contributed by atoms with Crippen LogP contribution in [0.5, 0.6) is 0 Å². The van der Waals surface area contributed by atoms with Crippen molar-refractivity contribution in [2.75, 3.05) is 13.1 Å². The monoisotopic (exact) mass is 393 g/mol. The Balaban J connectivity index is 1.54. The van der Waals surface area contributed by atoms with Gasteiger partial charge >= 0.3 is 6.18 Å². The van der Waals surface area contributed by atoms with Crippen molar-refractivity contribution in [3.8, 4) is 0 Å². The lowest BCUT2D eigenvalue weighted by Crippen LogP contribution is -2.32. The number of carbonyl (C=O) groups excluding carboxylic acids is 1. The van der Waals surface area contributed by atoms with E-state index in [1.807, 2.05) is 4.57 Å². The highest BCUT2D eigenvalue weighted by Gasteiger charge is 2.35. The van der Waals surface area contributed by atoms with Crippen molar-refractivity contribution in [2.45, 2.75) is 31.2 Å². The van der Waals surface area contributed by atoms with Crippen LogP contribution in [0.4, 0.5) is 13.2 Å². The molecule has 2 aromatic heterocycles. The molecule has 1 aromatic carbocycles. The number of aromatic nitrogens is 4. The molecule has 0 bridgehead atoms. The van der Waals surface area contributed by atoms with E-state index in [2.05, 4.69) is 15.0 Å². The standard InChI is InChI=1S/C18H18F3N5O2/c19-18(20,21)17-23-12-2-1-11(9-13(12)24-17)16(28)25-6-3-14(15(27)4-7-25)26-8-5-22-10-26/h1-2,5,8-10,14-15,27H,3-4,6-7H2,(H,23,24)/t14-,15-/m0/s1. The third-order valence-electron chi connectivity index (χ3n) is 5.03. The molecule has 0 unspecified atom stereocenters. The van der Waals surface area contributed by atoms with Crippen LogP contribution in [0.1, 0.15) is 35.1 Å². The number of aromatic amines is 1. The lowest BCUT2D eigenvalue weighted by molar-refractivity contribution is -0.144. The fraction of sp³-hybridized carbons (Fsp3) is 0.389. The molecule has 4 rings (SSSR count). The van der Waals surface area contributed by atoms with Crippen LogP contribution >= 0.6 is 0 Å². The lowest BCUT2D eigenvalue weighted by atomic mass is 10.1. The summed E-state index contributed by atoms with van der Waals surface area (Å²) < 4.78 is 40.3. The summed E-state index contributed by atoms with van der Waals surface area (Å²) in [6, 6.07) is 4.08. The number of alkyl halides is 3. The van der Waals surface area contributed by atoms with Crippen LogP contribution in [0.3, 0.4) is 0 Å². The number of nitrogens with one attached hydrogen (secondary N) is 1. The summed E-state index contributed by atoms with van der Waals surface area (Å²) >= 11 is 0. The van der Waals surface area contributed by atoms with Gasteiger partial charge in [0.1, 0.15) is 0 Å². The zero-order valence-corrected chi connectivity index (χ0v) is 14.7. The fourth-order valence-corrected chi connectivity index (χ4v) is 3.55. The van der Waals surface area contributed by atoms with Crippen molar-refractivity contribution in [1.82, 2.24) is 24.4 Å². The first-order valence-electron chi connectivity index (χ1n) is 8.84. The molecule has 148 valence electrons. The molecule has 1 fully saturated rings. The Morgan fingerprint density at radius 1 is 1.25 bits per heavy atom. The molecule has 7 nitrogen and oxygen atoms in total. The van der Waals surface area contributed by atoms with Crippen molar-refractivity contribution in [3.05, 3.63) is 48.3 Å². The zero-order valence-electron chi connectivity index (χ0n) is 14.7. The predicted molar refractivity (Wildman–Crippen MR) is 93.5 cm³/mol. The Morgan fingerprint density at radius 2 is 2.04 bits per heavy atom. The molecule has 0 aliphatic carbocycles. The quantitative estimate of drug-likeness (QED) is 0.701. The van der Waals surface area contributed by atoms with Crippen LogP contribution in [-0.4, -0.2) is 54.6 Å². The smallest absolute Gasteiger partial charge is 0.391 e. The average molecular weight is 393 g/mol. The number of aliphatic hydroxyl groups is 1. The van der Waals surface area contributed by atoms with Crippen LogP contribution in [0.25, 0.3) is 11.0 Å². The van der Waals surface area contributed by atoms with E-state index in [1.54, 1.807) is 23.6 Å². The van der Waals surface area contributed by atoms with E-state index in [-0.39, 0.29) is 28.5 Å². The number of likely N-dealkylation sites (tertiary alicyclic amines) is 1. The van der Waals surface area contributed by atoms with Gasteiger partial charge in [0.15, 0.2) is 0 Å². The highest BCUT2D eigenvalue weighted by atomic mass is 19.4. The summed E-state index contributed by atoms with van der Waals surface area (Å²) in [4.78, 5) is 24.2. The number of amides is 1. The van der Waals surface area contributed by atoms with Crippen LogP contribution in [-0.2, 0) is 6.18 Å². The second-order valence-electron chi connectivity index (χ2n) is 6.83. The molecule has 3 aromatic rings. The average Bonchev–Trinajstić information content (AvgIpc) is 3.29. The van der Waals surface area contributed by atoms with Crippen LogP contribution in [0.15, 0.2) is 36.9 Å². The second kappa shape index (κ2) is 6.93. The fourth-order valence-electron chi connectivity index (χ4n) is 3.55. The highest BCUT2D eigenvalue weighted by molar-refractivity contribution is 5.97. The van der Waals surface area contributed by atoms with Gasteiger partial charge in [-0.3, -0.25) is 4.79 Å². The van der Waals surface area contributed by atoms with Gasteiger partial charge in [-0.1, -0.05) is 0 Å². The predicted octanol–water partition coefficient (Wildman–Crippen LogP) is 2.62.